The summed E-state index contributed by atoms with van der Waals surface area (Å²) in [6, 6.07) is 6.63. The first-order chi connectivity index (χ1) is 11.6. The Hall–Kier alpha value is -2.37. The molecule has 0 saturated heterocycles. The van der Waals surface area contributed by atoms with E-state index in [0.717, 1.165) is 31.6 Å². The lowest BCUT2D eigenvalue weighted by Crippen LogP contribution is -2.37. The molecule has 24 heavy (non-hydrogen) atoms. The number of urea groups is 1. The Balaban J connectivity index is 1.31. The lowest BCUT2D eigenvalue weighted by Gasteiger charge is -2.08. The zero-order valence-electron chi connectivity index (χ0n) is 13.8. The van der Waals surface area contributed by atoms with Crippen molar-refractivity contribution in [1.29, 1.82) is 0 Å². The minimum Gasteiger partial charge on any atom is -0.338 e. The highest BCUT2D eigenvalue weighted by Gasteiger charge is 2.40. The third-order valence-electron chi connectivity index (χ3n) is 4.45. The van der Waals surface area contributed by atoms with Crippen LogP contribution in [0.1, 0.15) is 36.6 Å². The van der Waals surface area contributed by atoms with E-state index >= 15 is 0 Å². The van der Waals surface area contributed by atoms with Crippen LogP contribution in [0.15, 0.2) is 36.7 Å². The number of nitrogens with zero attached hydrogens (tertiary/aromatic N) is 2. The monoisotopic (exact) mass is 330 g/mol. The number of hydrogen-bond donors (Lipinski definition) is 2. The van der Waals surface area contributed by atoms with Crippen LogP contribution in [-0.4, -0.2) is 28.2 Å². The van der Waals surface area contributed by atoms with Gasteiger partial charge in [0.2, 0.25) is 0 Å². The molecule has 128 valence electrons. The van der Waals surface area contributed by atoms with Crippen LogP contribution in [0.25, 0.3) is 0 Å². The topological polar surface area (TPSA) is 59.0 Å². The molecule has 2 amide bonds. The number of carbonyl (C=O) groups excluding carboxylic acids is 1. The molecule has 2 N–H and O–H groups in total. The summed E-state index contributed by atoms with van der Waals surface area (Å²) in [6.07, 6.45) is 6.45. The van der Waals surface area contributed by atoms with Crippen LogP contribution in [0, 0.1) is 12.7 Å². The van der Waals surface area contributed by atoms with E-state index in [0.29, 0.717) is 12.1 Å². The van der Waals surface area contributed by atoms with Crippen molar-refractivity contribution >= 4 is 6.03 Å². The molecule has 2 aromatic rings. The second-order valence-corrected chi connectivity index (χ2v) is 6.25. The molecule has 1 fully saturated rings. The number of unbranched alkanes of at least 4 members (excludes halogenated alkanes) is 1. The third kappa shape index (κ3) is 4.13. The molecule has 0 spiro atoms. The molecule has 6 heteroatoms. The summed E-state index contributed by atoms with van der Waals surface area (Å²) >= 11 is 0. The Bertz CT molecular complexity index is 700. The number of carbonyl (C=O) groups is 1. The van der Waals surface area contributed by atoms with Crippen molar-refractivity contribution in [1.82, 2.24) is 20.2 Å². The molecule has 2 unspecified atom stereocenters. The lowest BCUT2D eigenvalue weighted by atomic mass is 10.1. The van der Waals surface area contributed by atoms with E-state index in [-0.39, 0.29) is 23.8 Å². The minimum atomic E-state index is -0.193. The Labute approximate surface area is 141 Å². The second-order valence-electron chi connectivity index (χ2n) is 6.25. The van der Waals surface area contributed by atoms with Gasteiger partial charge in [-0.1, -0.05) is 18.2 Å². The maximum Gasteiger partial charge on any atom is 0.315 e. The molecule has 3 rings (SSSR count). The highest BCUT2D eigenvalue weighted by Crippen LogP contribution is 2.41. The summed E-state index contributed by atoms with van der Waals surface area (Å²) in [4.78, 5) is 16.0. The number of halogens is 1. The van der Waals surface area contributed by atoms with Crippen molar-refractivity contribution in [3.05, 3.63) is 53.9 Å². The first kappa shape index (κ1) is 16.5. The van der Waals surface area contributed by atoms with Gasteiger partial charge in [-0.05, 0) is 37.8 Å². The fraction of sp³-hybridized carbons (Fsp3) is 0.444. The van der Waals surface area contributed by atoms with Crippen molar-refractivity contribution < 1.29 is 9.18 Å². The molecular weight excluding hydrogens is 307 g/mol. The van der Waals surface area contributed by atoms with E-state index in [9.17, 15) is 9.18 Å². The molecule has 1 saturated carbocycles. The zero-order valence-corrected chi connectivity index (χ0v) is 13.8. The van der Waals surface area contributed by atoms with Crippen molar-refractivity contribution in [2.45, 2.75) is 44.7 Å². The number of aryl methyl sites for hydroxylation is 2. The van der Waals surface area contributed by atoms with Crippen LogP contribution in [0.2, 0.25) is 0 Å². The van der Waals surface area contributed by atoms with Crippen LogP contribution < -0.4 is 10.6 Å². The summed E-state index contributed by atoms with van der Waals surface area (Å²) < 4.78 is 15.8. The molecule has 1 aromatic heterocycles. The smallest absolute Gasteiger partial charge is 0.315 e. The first-order valence-corrected chi connectivity index (χ1v) is 8.41. The van der Waals surface area contributed by atoms with Gasteiger partial charge in [0.1, 0.15) is 11.6 Å². The van der Waals surface area contributed by atoms with Crippen LogP contribution in [0.5, 0.6) is 0 Å². The zero-order chi connectivity index (χ0) is 16.9. The summed E-state index contributed by atoms with van der Waals surface area (Å²) in [5.74, 6) is 0.914. The first-order valence-electron chi connectivity index (χ1n) is 8.41. The van der Waals surface area contributed by atoms with Gasteiger partial charge >= 0.3 is 6.03 Å². The normalized spacial score (nSPS) is 19.1. The number of rotatable bonds is 7. The number of imidazole rings is 1. The van der Waals surface area contributed by atoms with Gasteiger partial charge < -0.3 is 15.2 Å². The molecule has 5 nitrogen and oxygen atoms in total. The van der Waals surface area contributed by atoms with Gasteiger partial charge in [-0.25, -0.2) is 14.2 Å². The quantitative estimate of drug-likeness (QED) is 0.767. The second kappa shape index (κ2) is 7.47. The van der Waals surface area contributed by atoms with E-state index < -0.39 is 0 Å². The third-order valence-corrected chi connectivity index (χ3v) is 4.45. The number of nitrogens with one attached hydrogen (secondary N) is 2. The maximum absolute atomic E-state index is 13.7. The van der Waals surface area contributed by atoms with Gasteiger partial charge in [-0.2, -0.15) is 0 Å². The van der Waals surface area contributed by atoms with Gasteiger partial charge in [0.25, 0.3) is 0 Å². The SMILES string of the molecule is Cc1nccn1CCCCNC(=O)NC1CC1c1ccccc1F. The summed E-state index contributed by atoms with van der Waals surface area (Å²) in [6.45, 7) is 3.52. The van der Waals surface area contributed by atoms with Crippen molar-refractivity contribution in [2.24, 2.45) is 0 Å². The van der Waals surface area contributed by atoms with E-state index in [4.69, 9.17) is 0 Å². The van der Waals surface area contributed by atoms with Gasteiger partial charge in [-0.3, -0.25) is 0 Å². The highest BCUT2D eigenvalue weighted by atomic mass is 19.1. The largest absolute Gasteiger partial charge is 0.338 e. The Morgan fingerprint density at radius 1 is 1.38 bits per heavy atom. The predicted octanol–water partition coefficient (Wildman–Crippen LogP) is 2.97. The number of amides is 2. The molecule has 1 heterocycles. The number of benzene rings is 1. The Morgan fingerprint density at radius 3 is 2.96 bits per heavy atom. The van der Waals surface area contributed by atoms with E-state index in [1.54, 1.807) is 18.3 Å². The molecule has 1 aromatic carbocycles. The van der Waals surface area contributed by atoms with E-state index in [1.807, 2.05) is 19.2 Å². The molecule has 0 radical (unpaired) electrons. The molecular formula is C18H23FN4O. The number of hydrogen-bond acceptors (Lipinski definition) is 2. The fourth-order valence-corrected chi connectivity index (χ4v) is 2.94. The van der Waals surface area contributed by atoms with Crippen molar-refractivity contribution in [3.63, 3.8) is 0 Å². The van der Waals surface area contributed by atoms with Gasteiger partial charge in [0.15, 0.2) is 0 Å². The number of aromatic nitrogens is 2. The Kier molecular flexibility index (Phi) is 5.13. The molecule has 1 aliphatic carbocycles. The Morgan fingerprint density at radius 2 is 2.21 bits per heavy atom. The predicted molar refractivity (Wildman–Crippen MR) is 90.3 cm³/mol. The highest BCUT2D eigenvalue weighted by molar-refractivity contribution is 5.74. The summed E-state index contributed by atoms with van der Waals surface area (Å²) in [7, 11) is 0. The van der Waals surface area contributed by atoms with Gasteiger partial charge in [-0.15, -0.1) is 0 Å². The fourth-order valence-electron chi connectivity index (χ4n) is 2.94. The summed E-state index contributed by atoms with van der Waals surface area (Å²) in [5.41, 5.74) is 0.693. The average molecular weight is 330 g/mol. The van der Waals surface area contributed by atoms with Crippen LogP contribution >= 0.6 is 0 Å². The molecule has 0 bridgehead atoms. The maximum atomic E-state index is 13.7. The summed E-state index contributed by atoms with van der Waals surface area (Å²) in [5, 5.41) is 5.78. The molecule has 1 aliphatic rings. The van der Waals surface area contributed by atoms with Crippen molar-refractivity contribution in [3.8, 4) is 0 Å². The molecule has 0 aliphatic heterocycles. The van der Waals surface area contributed by atoms with Crippen molar-refractivity contribution in [2.75, 3.05) is 6.54 Å². The van der Waals surface area contributed by atoms with Crippen LogP contribution in [0.4, 0.5) is 9.18 Å². The van der Waals surface area contributed by atoms with Crippen LogP contribution in [0.3, 0.4) is 0 Å². The standard InChI is InChI=1S/C18H23FN4O/c1-13-20-9-11-23(13)10-5-4-8-21-18(24)22-17-12-15(17)14-6-2-3-7-16(14)19/h2-3,6-7,9,11,15,17H,4-5,8,10,12H2,1H3,(H2,21,22,24). The van der Waals surface area contributed by atoms with Crippen LogP contribution in [-0.2, 0) is 6.54 Å². The van der Waals surface area contributed by atoms with E-state index in [2.05, 4.69) is 20.2 Å². The molecule has 2 atom stereocenters. The van der Waals surface area contributed by atoms with Gasteiger partial charge in [0.05, 0.1) is 0 Å². The van der Waals surface area contributed by atoms with Gasteiger partial charge in [0, 0.05) is 37.4 Å². The lowest BCUT2D eigenvalue weighted by molar-refractivity contribution is 0.240. The minimum absolute atomic E-state index is 0.0375. The average Bonchev–Trinajstić information content (AvgIpc) is 3.19. The van der Waals surface area contributed by atoms with E-state index in [1.165, 1.54) is 6.07 Å².